The first-order valence-electron chi connectivity index (χ1n) is 8.59. The molecular formula is C17H25NO9S. The van der Waals surface area contributed by atoms with Gasteiger partial charge >= 0.3 is 16.4 Å². The third kappa shape index (κ3) is 3.54. The van der Waals surface area contributed by atoms with Gasteiger partial charge in [-0.05, 0) is 25.5 Å². The molecule has 5 N–H and O–H groups in total. The fourth-order valence-corrected chi connectivity index (χ4v) is 5.52. The highest BCUT2D eigenvalue weighted by atomic mass is 32.3. The van der Waals surface area contributed by atoms with Crippen molar-refractivity contribution in [2.75, 3.05) is 13.7 Å². The highest BCUT2D eigenvalue weighted by molar-refractivity contribution is 7.82. The number of ether oxygens (including phenoxy) is 1. The van der Waals surface area contributed by atoms with E-state index in [1.807, 2.05) is 11.0 Å². The van der Waals surface area contributed by atoms with E-state index in [1.165, 1.54) is 0 Å². The average Bonchev–Trinajstić information content (AvgIpc) is 3.01. The van der Waals surface area contributed by atoms with Gasteiger partial charge in [-0.25, -0.2) is 8.37 Å². The molecule has 4 rings (SSSR count). The molecule has 3 saturated heterocycles. The van der Waals surface area contributed by atoms with E-state index in [2.05, 4.69) is 0 Å². The molecule has 10 nitrogen and oxygen atoms in total. The van der Waals surface area contributed by atoms with E-state index in [9.17, 15) is 18.3 Å². The molecule has 3 heterocycles. The number of hydrogen-bond donors (Lipinski definition) is 1. The van der Waals surface area contributed by atoms with E-state index in [0.717, 1.165) is 6.42 Å². The van der Waals surface area contributed by atoms with E-state index in [-0.39, 0.29) is 17.0 Å². The number of rotatable bonds is 4. The first-order valence-corrected chi connectivity index (χ1v) is 9.93. The summed E-state index contributed by atoms with van der Waals surface area (Å²) < 4.78 is 39.9. The van der Waals surface area contributed by atoms with Gasteiger partial charge in [0.1, 0.15) is 12.0 Å². The summed E-state index contributed by atoms with van der Waals surface area (Å²) in [6.07, 6.45) is 0.0352. The lowest BCUT2D eigenvalue weighted by Crippen LogP contribution is -2.61. The molecule has 28 heavy (non-hydrogen) atoms. The Morgan fingerprint density at radius 2 is 2.04 bits per heavy atom. The summed E-state index contributed by atoms with van der Waals surface area (Å²) in [7, 11) is -2.34. The number of benzene rings is 1. The van der Waals surface area contributed by atoms with Gasteiger partial charge in [-0.3, -0.25) is 9.69 Å². The molecule has 1 spiro atoms. The Morgan fingerprint density at radius 3 is 2.68 bits per heavy atom. The number of esters is 1. The maximum atomic E-state index is 12.7. The fourth-order valence-electron chi connectivity index (χ4n) is 4.30. The molecule has 0 aliphatic carbocycles. The molecule has 3 aliphatic rings. The lowest BCUT2D eigenvalue weighted by Gasteiger charge is -2.43. The number of nitrogens with zero attached hydrogens (tertiary/aromatic N) is 1. The Bertz CT molecular complexity index is 802. The largest absolute Gasteiger partial charge is 0.459 e. The minimum Gasteiger partial charge on any atom is -0.459 e. The monoisotopic (exact) mass is 419 g/mol. The third-order valence-corrected chi connectivity index (χ3v) is 6.61. The Kier molecular flexibility index (Phi) is 6.50. The zero-order valence-electron chi connectivity index (χ0n) is 15.3. The summed E-state index contributed by atoms with van der Waals surface area (Å²) in [5.74, 6) is -1.43. The lowest BCUT2D eigenvalue weighted by molar-refractivity contribution is -0.182. The van der Waals surface area contributed by atoms with Crippen LogP contribution in [0.2, 0.25) is 0 Å². The van der Waals surface area contributed by atoms with Crippen molar-refractivity contribution in [2.24, 2.45) is 0 Å². The minimum absolute atomic E-state index is 0. The second kappa shape index (κ2) is 8.03. The van der Waals surface area contributed by atoms with Crippen LogP contribution in [0.4, 0.5) is 0 Å². The van der Waals surface area contributed by atoms with Gasteiger partial charge in [-0.2, -0.15) is 8.42 Å². The topological polar surface area (TPSA) is 165 Å². The number of carbonyl (C=O) groups excluding carboxylic acids is 1. The van der Waals surface area contributed by atoms with Crippen molar-refractivity contribution in [3.63, 3.8) is 0 Å². The summed E-state index contributed by atoms with van der Waals surface area (Å²) >= 11 is 0. The summed E-state index contributed by atoms with van der Waals surface area (Å²) in [6.45, 7) is -0.398. The van der Waals surface area contributed by atoms with Gasteiger partial charge in [-0.15, -0.1) is 0 Å². The van der Waals surface area contributed by atoms with Crippen molar-refractivity contribution in [3.8, 4) is 0 Å². The number of likely N-dealkylation sites (N-methyl/N-ethyl adjacent to an activating group) is 1. The predicted octanol–water partition coefficient (Wildman–Crippen LogP) is -1.12. The number of aliphatic hydroxyl groups is 1. The molecule has 158 valence electrons. The summed E-state index contributed by atoms with van der Waals surface area (Å²) in [5.41, 5.74) is -0.476. The highest BCUT2D eigenvalue weighted by Crippen LogP contribution is 2.51. The number of piperidine rings is 1. The van der Waals surface area contributed by atoms with Crippen LogP contribution in [-0.4, -0.2) is 73.0 Å². The smallest absolute Gasteiger partial charge is 0.402 e. The summed E-state index contributed by atoms with van der Waals surface area (Å²) in [5, 5.41) is 9.65. The van der Waals surface area contributed by atoms with Crippen LogP contribution >= 0.6 is 0 Å². The zero-order valence-corrected chi connectivity index (χ0v) is 16.1. The Balaban J connectivity index is 0.00000140. The molecule has 3 fully saturated rings. The van der Waals surface area contributed by atoms with Gasteiger partial charge in [0.15, 0.2) is 11.8 Å². The first kappa shape index (κ1) is 22.7. The number of hydrogen-bond acceptors (Lipinski definition) is 8. The standard InChI is InChI=1S/C17H21NO7S.2H2O/c1-18-12-7-8-17(18)15(24-26(21,22)25-17)14(9-12)23-16(20)13(10-19)11-5-3-2-4-6-11;;/h2-6,12-15,19H,7-10H2,1H3;2*1H2/t12?,13-,14?,15?,17?;;/m1../s1. The Hall–Kier alpha value is -1.60. The number of fused-ring (bicyclic) bond motifs is 1. The average molecular weight is 419 g/mol. The molecule has 2 bridgehead atoms. The molecule has 0 radical (unpaired) electrons. The molecule has 5 atom stereocenters. The molecule has 0 saturated carbocycles. The van der Waals surface area contributed by atoms with Gasteiger partial charge in [0.05, 0.1) is 6.61 Å². The van der Waals surface area contributed by atoms with Crippen LogP contribution in [0.5, 0.6) is 0 Å². The van der Waals surface area contributed by atoms with Crippen LogP contribution in [-0.2, 0) is 28.3 Å². The van der Waals surface area contributed by atoms with Crippen LogP contribution in [0.1, 0.15) is 30.7 Å². The quantitative estimate of drug-likeness (QED) is 0.599. The maximum absolute atomic E-state index is 12.7. The van der Waals surface area contributed by atoms with Crippen LogP contribution in [0.15, 0.2) is 30.3 Å². The Morgan fingerprint density at radius 1 is 1.36 bits per heavy atom. The van der Waals surface area contributed by atoms with Crippen molar-refractivity contribution in [1.82, 2.24) is 4.90 Å². The molecule has 0 amide bonds. The third-order valence-electron chi connectivity index (χ3n) is 5.67. The highest BCUT2D eigenvalue weighted by Gasteiger charge is 2.67. The molecule has 4 unspecified atom stereocenters. The van der Waals surface area contributed by atoms with Crippen LogP contribution in [0.3, 0.4) is 0 Å². The van der Waals surface area contributed by atoms with E-state index in [0.29, 0.717) is 18.4 Å². The van der Waals surface area contributed by atoms with Gasteiger partial charge in [-0.1, -0.05) is 30.3 Å². The van der Waals surface area contributed by atoms with Gasteiger partial charge in [0.2, 0.25) is 0 Å². The first-order chi connectivity index (χ1) is 12.4. The summed E-state index contributed by atoms with van der Waals surface area (Å²) in [4.78, 5) is 14.5. The zero-order chi connectivity index (χ0) is 18.5. The molecule has 3 aliphatic heterocycles. The number of aliphatic hydroxyl groups excluding tert-OH is 1. The second-order valence-corrected chi connectivity index (χ2v) is 8.19. The summed E-state index contributed by atoms with van der Waals surface area (Å²) in [6, 6.07) is 8.89. The van der Waals surface area contributed by atoms with Crippen molar-refractivity contribution in [3.05, 3.63) is 35.9 Å². The van der Waals surface area contributed by atoms with E-state index in [1.54, 1.807) is 31.3 Å². The van der Waals surface area contributed by atoms with Crippen LogP contribution in [0.25, 0.3) is 0 Å². The van der Waals surface area contributed by atoms with E-state index < -0.39 is 46.8 Å². The molecule has 0 aromatic heterocycles. The van der Waals surface area contributed by atoms with E-state index >= 15 is 0 Å². The van der Waals surface area contributed by atoms with Crippen molar-refractivity contribution in [1.29, 1.82) is 0 Å². The van der Waals surface area contributed by atoms with E-state index in [4.69, 9.17) is 13.1 Å². The van der Waals surface area contributed by atoms with Gasteiger partial charge < -0.3 is 20.8 Å². The maximum Gasteiger partial charge on any atom is 0.402 e. The molecule has 1 aromatic rings. The number of carbonyl (C=O) groups is 1. The van der Waals surface area contributed by atoms with Crippen LogP contribution in [0, 0.1) is 0 Å². The second-order valence-electron chi connectivity index (χ2n) is 7.01. The normalized spacial score (nSPS) is 33.9. The Labute approximate surface area is 162 Å². The lowest BCUT2D eigenvalue weighted by atomic mass is 9.93. The van der Waals surface area contributed by atoms with Crippen molar-refractivity contribution >= 4 is 16.4 Å². The minimum atomic E-state index is -4.13. The van der Waals surface area contributed by atoms with Crippen molar-refractivity contribution < 1.29 is 42.4 Å². The molecule has 1 aromatic carbocycles. The van der Waals surface area contributed by atoms with Gasteiger partial charge in [0, 0.05) is 12.5 Å². The fraction of sp³-hybridized carbons (Fsp3) is 0.588. The molecular weight excluding hydrogens is 394 g/mol. The predicted molar refractivity (Wildman–Crippen MR) is 96.4 cm³/mol. The van der Waals surface area contributed by atoms with Crippen molar-refractivity contribution in [2.45, 2.75) is 49.2 Å². The SMILES string of the molecule is CN1C2CCC13OS(=O)(=O)OC3C(OC(=O)[C@H](CO)c1ccccc1)C2.O.O. The van der Waals surface area contributed by atoms with Gasteiger partial charge in [0.25, 0.3) is 0 Å². The molecule has 11 heteroatoms. The van der Waals surface area contributed by atoms with Crippen LogP contribution < -0.4 is 0 Å².